The minimum atomic E-state index is 0.280. The van der Waals surface area contributed by atoms with Gasteiger partial charge in [0, 0.05) is 5.39 Å². The van der Waals surface area contributed by atoms with Gasteiger partial charge in [-0.15, -0.1) is 0 Å². The molecule has 0 spiro atoms. The molecule has 0 aliphatic rings. The number of furan rings is 1. The van der Waals surface area contributed by atoms with Crippen LogP contribution in [-0.4, -0.2) is 6.54 Å². The van der Waals surface area contributed by atoms with Crippen LogP contribution in [-0.2, 0) is 0 Å². The van der Waals surface area contributed by atoms with Crippen LogP contribution in [0.4, 0.5) is 0 Å². The second kappa shape index (κ2) is 4.07. The third-order valence-corrected chi connectivity index (χ3v) is 2.63. The van der Waals surface area contributed by atoms with Crippen LogP contribution >= 0.6 is 0 Å². The van der Waals surface area contributed by atoms with E-state index in [1.807, 2.05) is 6.07 Å². The standard InChI is InChI=1S/C13H17NO/c1-4-14-10(3)13-8-11-7-9(2)5-6-12(11)15-13/h5-8,10,14H,4H2,1-3H3. The van der Waals surface area contributed by atoms with Gasteiger partial charge in [-0.05, 0) is 38.6 Å². The molecule has 0 fully saturated rings. The van der Waals surface area contributed by atoms with Gasteiger partial charge in [0.15, 0.2) is 0 Å². The first-order valence-corrected chi connectivity index (χ1v) is 5.44. The van der Waals surface area contributed by atoms with Crippen molar-refractivity contribution >= 4 is 11.0 Å². The molecule has 0 amide bonds. The molecular weight excluding hydrogens is 186 g/mol. The van der Waals surface area contributed by atoms with Crippen LogP contribution in [0.2, 0.25) is 0 Å². The molecule has 1 aromatic carbocycles. The summed E-state index contributed by atoms with van der Waals surface area (Å²) in [6, 6.07) is 8.67. The Morgan fingerprint density at radius 1 is 1.33 bits per heavy atom. The SMILES string of the molecule is CCNC(C)c1cc2cc(C)ccc2o1. The number of hydrogen-bond donors (Lipinski definition) is 1. The summed E-state index contributed by atoms with van der Waals surface area (Å²) in [6.07, 6.45) is 0. The molecule has 1 atom stereocenters. The van der Waals surface area contributed by atoms with E-state index in [1.54, 1.807) is 0 Å². The number of rotatable bonds is 3. The van der Waals surface area contributed by atoms with Gasteiger partial charge in [0.25, 0.3) is 0 Å². The summed E-state index contributed by atoms with van der Waals surface area (Å²) in [4.78, 5) is 0. The molecule has 0 bridgehead atoms. The van der Waals surface area contributed by atoms with E-state index in [-0.39, 0.29) is 6.04 Å². The molecule has 1 aromatic heterocycles. The zero-order chi connectivity index (χ0) is 10.8. The van der Waals surface area contributed by atoms with Gasteiger partial charge in [0.05, 0.1) is 6.04 Å². The van der Waals surface area contributed by atoms with E-state index in [9.17, 15) is 0 Å². The Morgan fingerprint density at radius 2 is 2.13 bits per heavy atom. The van der Waals surface area contributed by atoms with Crippen molar-refractivity contribution in [2.75, 3.05) is 6.54 Å². The van der Waals surface area contributed by atoms with Gasteiger partial charge in [-0.1, -0.05) is 18.6 Å². The van der Waals surface area contributed by atoms with Crippen molar-refractivity contribution in [3.8, 4) is 0 Å². The molecule has 80 valence electrons. The third kappa shape index (κ3) is 2.05. The minimum Gasteiger partial charge on any atom is -0.459 e. The lowest BCUT2D eigenvalue weighted by molar-refractivity contribution is 0.459. The zero-order valence-electron chi connectivity index (χ0n) is 9.50. The lowest BCUT2D eigenvalue weighted by atomic mass is 10.1. The maximum absolute atomic E-state index is 5.77. The van der Waals surface area contributed by atoms with Crippen LogP contribution in [0.25, 0.3) is 11.0 Å². The fraction of sp³-hybridized carbons (Fsp3) is 0.385. The van der Waals surface area contributed by atoms with E-state index >= 15 is 0 Å². The van der Waals surface area contributed by atoms with Crippen molar-refractivity contribution in [1.29, 1.82) is 0 Å². The Morgan fingerprint density at radius 3 is 2.87 bits per heavy atom. The fourth-order valence-corrected chi connectivity index (χ4v) is 1.80. The molecular formula is C13H17NO. The summed E-state index contributed by atoms with van der Waals surface area (Å²) in [7, 11) is 0. The molecule has 2 aromatic rings. The van der Waals surface area contributed by atoms with Crippen molar-refractivity contribution in [3.63, 3.8) is 0 Å². The lowest BCUT2D eigenvalue weighted by Gasteiger charge is -2.07. The predicted molar refractivity (Wildman–Crippen MR) is 63.0 cm³/mol. The minimum absolute atomic E-state index is 0.280. The molecule has 0 aliphatic carbocycles. The van der Waals surface area contributed by atoms with E-state index < -0.39 is 0 Å². The largest absolute Gasteiger partial charge is 0.459 e. The molecule has 15 heavy (non-hydrogen) atoms. The smallest absolute Gasteiger partial charge is 0.134 e. The zero-order valence-corrected chi connectivity index (χ0v) is 9.50. The monoisotopic (exact) mass is 203 g/mol. The second-order valence-electron chi connectivity index (χ2n) is 3.97. The van der Waals surface area contributed by atoms with E-state index in [0.717, 1.165) is 17.9 Å². The lowest BCUT2D eigenvalue weighted by Crippen LogP contribution is -2.16. The topological polar surface area (TPSA) is 25.2 Å². The molecule has 0 radical (unpaired) electrons. The molecule has 1 heterocycles. The van der Waals surface area contributed by atoms with E-state index in [0.29, 0.717) is 0 Å². The van der Waals surface area contributed by atoms with Gasteiger partial charge < -0.3 is 9.73 Å². The first-order valence-electron chi connectivity index (χ1n) is 5.44. The summed E-state index contributed by atoms with van der Waals surface area (Å²) < 4.78 is 5.77. The molecule has 0 aliphatic heterocycles. The highest BCUT2D eigenvalue weighted by Gasteiger charge is 2.09. The quantitative estimate of drug-likeness (QED) is 0.827. The van der Waals surface area contributed by atoms with Gasteiger partial charge in [0.2, 0.25) is 0 Å². The van der Waals surface area contributed by atoms with Crippen LogP contribution in [0, 0.1) is 6.92 Å². The van der Waals surface area contributed by atoms with Crippen molar-refractivity contribution in [3.05, 3.63) is 35.6 Å². The van der Waals surface area contributed by atoms with E-state index in [2.05, 4.69) is 44.3 Å². The van der Waals surface area contributed by atoms with Gasteiger partial charge in [-0.25, -0.2) is 0 Å². The summed E-state index contributed by atoms with van der Waals surface area (Å²) in [6.45, 7) is 7.27. The summed E-state index contributed by atoms with van der Waals surface area (Å²) in [5, 5.41) is 4.53. The van der Waals surface area contributed by atoms with Crippen LogP contribution in [0.5, 0.6) is 0 Å². The number of benzene rings is 1. The Balaban J connectivity index is 2.38. The Hall–Kier alpha value is -1.28. The van der Waals surface area contributed by atoms with Crippen molar-refractivity contribution in [1.82, 2.24) is 5.32 Å². The normalized spacial score (nSPS) is 13.3. The highest BCUT2D eigenvalue weighted by atomic mass is 16.3. The summed E-state index contributed by atoms with van der Waals surface area (Å²) in [5.41, 5.74) is 2.24. The maximum Gasteiger partial charge on any atom is 0.134 e. The van der Waals surface area contributed by atoms with Crippen molar-refractivity contribution in [2.45, 2.75) is 26.8 Å². The molecule has 1 unspecified atom stereocenters. The van der Waals surface area contributed by atoms with Gasteiger partial charge >= 0.3 is 0 Å². The van der Waals surface area contributed by atoms with Crippen LogP contribution in [0.1, 0.15) is 31.2 Å². The molecule has 2 heteroatoms. The van der Waals surface area contributed by atoms with Gasteiger partial charge in [-0.2, -0.15) is 0 Å². The fourth-order valence-electron chi connectivity index (χ4n) is 1.80. The average molecular weight is 203 g/mol. The molecule has 1 N–H and O–H groups in total. The first kappa shape index (κ1) is 10.2. The van der Waals surface area contributed by atoms with Crippen molar-refractivity contribution in [2.24, 2.45) is 0 Å². The Labute approximate surface area is 90.3 Å². The molecule has 2 rings (SSSR count). The predicted octanol–water partition coefficient (Wildman–Crippen LogP) is 3.41. The van der Waals surface area contributed by atoms with Crippen LogP contribution in [0.3, 0.4) is 0 Å². The van der Waals surface area contributed by atoms with E-state index in [4.69, 9.17) is 4.42 Å². The number of hydrogen-bond acceptors (Lipinski definition) is 2. The first-order chi connectivity index (χ1) is 7.20. The third-order valence-electron chi connectivity index (χ3n) is 2.63. The van der Waals surface area contributed by atoms with Gasteiger partial charge in [0.1, 0.15) is 11.3 Å². The second-order valence-corrected chi connectivity index (χ2v) is 3.97. The van der Waals surface area contributed by atoms with E-state index in [1.165, 1.54) is 10.9 Å². The van der Waals surface area contributed by atoms with Crippen LogP contribution < -0.4 is 5.32 Å². The number of aryl methyl sites for hydroxylation is 1. The maximum atomic E-state index is 5.77. The van der Waals surface area contributed by atoms with Crippen molar-refractivity contribution < 1.29 is 4.42 Å². The number of fused-ring (bicyclic) bond motifs is 1. The van der Waals surface area contributed by atoms with Crippen LogP contribution in [0.15, 0.2) is 28.7 Å². The summed E-state index contributed by atoms with van der Waals surface area (Å²) in [5.74, 6) is 1.01. The highest BCUT2D eigenvalue weighted by Crippen LogP contribution is 2.24. The average Bonchev–Trinajstić information content (AvgIpc) is 2.60. The number of nitrogens with one attached hydrogen (secondary N) is 1. The summed E-state index contributed by atoms with van der Waals surface area (Å²) >= 11 is 0. The molecule has 0 saturated carbocycles. The molecule has 2 nitrogen and oxygen atoms in total. The van der Waals surface area contributed by atoms with Gasteiger partial charge in [-0.3, -0.25) is 0 Å². The Kier molecular flexibility index (Phi) is 2.78. The molecule has 0 saturated heterocycles. The highest BCUT2D eigenvalue weighted by molar-refractivity contribution is 5.78. The Bertz CT molecular complexity index is 459.